The predicted octanol–water partition coefficient (Wildman–Crippen LogP) is 21.9. The van der Waals surface area contributed by atoms with Gasteiger partial charge in [0.2, 0.25) is 0 Å². The van der Waals surface area contributed by atoms with E-state index in [4.69, 9.17) is 37.0 Å². The van der Waals surface area contributed by atoms with Gasteiger partial charge in [-0.3, -0.25) is 37.3 Å². The fraction of sp³-hybridized carbons (Fsp3) is 0.947. The molecule has 0 aromatic carbocycles. The summed E-state index contributed by atoms with van der Waals surface area (Å²) in [6.45, 7) is 9.46. The van der Waals surface area contributed by atoms with Crippen molar-refractivity contribution < 1.29 is 80.2 Å². The van der Waals surface area contributed by atoms with Gasteiger partial charge in [0.25, 0.3) is 0 Å². The summed E-state index contributed by atoms with van der Waals surface area (Å²) in [6, 6.07) is 0. The Morgan fingerprint density at radius 1 is 0.287 bits per heavy atom. The molecule has 0 aliphatic rings. The van der Waals surface area contributed by atoms with E-state index in [2.05, 4.69) is 41.5 Å². The van der Waals surface area contributed by atoms with E-state index in [0.717, 1.165) is 96.3 Å². The van der Waals surface area contributed by atoms with Gasteiger partial charge in [-0.15, -0.1) is 0 Å². The monoisotopic (exact) mass is 1380 g/mol. The summed E-state index contributed by atoms with van der Waals surface area (Å²) < 4.78 is 68.4. The van der Waals surface area contributed by atoms with E-state index in [0.29, 0.717) is 37.5 Å². The number of carbonyl (C=O) groups is 4. The minimum Gasteiger partial charge on any atom is -0.462 e. The first-order valence-electron chi connectivity index (χ1n) is 39.0. The molecule has 17 nitrogen and oxygen atoms in total. The molecule has 0 aliphatic carbocycles. The molecule has 0 spiro atoms. The third kappa shape index (κ3) is 68.6. The first-order valence-corrected chi connectivity index (χ1v) is 42.0. The zero-order valence-corrected chi connectivity index (χ0v) is 63.1. The maximum atomic E-state index is 13.1. The van der Waals surface area contributed by atoms with Gasteiger partial charge in [-0.05, 0) is 37.5 Å². The highest BCUT2D eigenvalue weighted by Gasteiger charge is 2.30. The molecule has 0 rings (SSSR count). The van der Waals surface area contributed by atoms with E-state index in [1.165, 1.54) is 199 Å². The summed E-state index contributed by atoms with van der Waals surface area (Å²) in [6.07, 6.45) is 54.4. The van der Waals surface area contributed by atoms with E-state index in [-0.39, 0.29) is 25.7 Å². The van der Waals surface area contributed by atoms with Crippen molar-refractivity contribution in [1.29, 1.82) is 0 Å². The highest BCUT2D eigenvalue weighted by molar-refractivity contribution is 7.47. The first-order chi connectivity index (χ1) is 45.4. The molecule has 0 aromatic rings. The molecule has 0 fully saturated rings. The van der Waals surface area contributed by atoms with Crippen molar-refractivity contribution in [2.75, 3.05) is 39.6 Å². The summed E-state index contributed by atoms with van der Waals surface area (Å²) >= 11 is 0. The van der Waals surface area contributed by atoms with Crippen LogP contribution in [0.4, 0.5) is 0 Å². The highest BCUT2D eigenvalue weighted by Crippen LogP contribution is 2.45. The van der Waals surface area contributed by atoms with Gasteiger partial charge in [0, 0.05) is 25.7 Å². The molecule has 0 amide bonds. The second-order valence-corrected chi connectivity index (χ2v) is 30.9. The number of esters is 4. The molecule has 3 N–H and O–H groups in total. The van der Waals surface area contributed by atoms with Gasteiger partial charge in [-0.2, -0.15) is 0 Å². The number of phosphoric acid groups is 2. The van der Waals surface area contributed by atoms with Crippen LogP contribution in [0.15, 0.2) is 0 Å². The van der Waals surface area contributed by atoms with E-state index in [1.54, 1.807) is 0 Å². The zero-order chi connectivity index (χ0) is 69.3. The maximum absolute atomic E-state index is 13.1. The molecule has 94 heavy (non-hydrogen) atoms. The minimum absolute atomic E-state index is 0.103. The molecule has 0 aliphatic heterocycles. The van der Waals surface area contributed by atoms with Crippen molar-refractivity contribution in [1.82, 2.24) is 0 Å². The Morgan fingerprint density at radius 3 is 0.723 bits per heavy atom. The number of hydrogen-bond acceptors (Lipinski definition) is 15. The van der Waals surface area contributed by atoms with Crippen LogP contribution in [0.5, 0.6) is 0 Å². The normalized spacial score (nSPS) is 14.0. The highest BCUT2D eigenvalue weighted by atomic mass is 31.2. The van der Waals surface area contributed by atoms with Crippen molar-refractivity contribution in [3.05, 3.63) is 0 Å². The Morgan fingerprint density at radius 2 is 0.489 bits per heavy atom. The molecular weight excluding hydrogens is 1230 g/mol. The summed E-state index contributed by atoms with van der Waals surface area (Å²) in [5, 5.41) is 10.6. The van der Waals surface area contributed by atoms with Gasteiger partial charge < -0.3 is 33.8 Å². The summed E-state index contributed by atoms with van der Waals surface area (Å²) in [5.74, 6) is -0.721. The molecule has 2 unspecified atom stereocenters. The van der Waals surface area contributed by atoms with Crippen LogP contribution in [0, 0.1) is 11.8 Å². The van der Waals surface area contributed by atoms with Gasteiger partial charge in [0.1, 0.15) is 19.3 Å². The van der Waals surface area contributed by atoms with Gasteiger partial charge in [-0.1, -0.05) is 337 Å². The van der Waals surface area contributed by atoms with Crippen LogP contribution >= 0.6 is 15.6 Å². The number of aliphatic hydroxyl groups excluding tert-OH is 1. The number of hydrogen-bond donors (Lipinski definition) is 3. The number of unbranched alkanes of at least 4 members (excludes halogenated alkanes) is 44. The summed E-state index contributed by atoms with van der Waals surface area (Å²) in [4.78, 5) is 72.7. The quantitative estimate of drug-likeness (QED) is 0.0222. The number of aliphatic hydroxyl groups is 1. The van der Waals surface area contributed by atoms with Crippen LogP contribution in [0.2, 0.25) is 0 Å². The molecule has 0 saturated heterocycles. The smallest absolute Gasteiger partial charge is 0.462 e. The van der Waals surface area contributed by atoms with Gasteiger partial charge in [-0.25, -0.2) is 9.13 Å². The average molecular weight is 1380 g/mol. The number of carbonyl (C=O) groups excluding carboxylic acids is 4. The molecule has 558 valence electrons. The lowest BCUT2D eigenvalue weighted by Gasteiger charge is -2.21. The van der Waals surface area contributed by atoms with Crippen molar-refractivity contribution >= 4 is 39.5 Å². The topological polar surface area (TPSA) is 237 Å². The lowest BCUT2D eigenvalue weighted by molar-refractivity contribution is -0.161. The van der Waals surface area contributed by atoms with Crippen molar-refractivity contribution in [3.8, 4) is 0 Å². The van der Waals surface area contributed by atoms with Gasteiger partial charge in [0.15, 0.2) is 12.2 Å². The van der Waals surface area contributed by atoms with Crippen LogP contribution in [-0.2, 0) is 65.4 Å². The average Bonchev–Trinajstić information content (AvgIpc) is 1.33. The third-order valence-electron chi connectivity index (χ3n) is 17.5. The second kappa shape index (κ2) is 66.9. The van der Waals surface area contributed by atoms with Gasteiger partial charge in [0.05, 0.1) is 26.4 Å². The van der Waals surface area contributed by atoms with Crippen molar-refractivity contribution in [2.24, 2.45) is 11.8 Å². The number of phosphoric ester groups is 2. The van der Waals surface area contributed by atoms with Crippen LogP contribution in [0.25, 0.3) is 0 Å². The fourth-order valence-corrected chi connectivity index (χ4v) is 13.1. The first kappa shape index (κ1) is 92.1. The minimum atomic E-state index is -4.96. The third-order valence-corrected chi connectivity index (χ3v) is 19.4. The second-order valence-electron chi connectivity index (χ2n) is 28.0. The molecule has 0 radical (unpaired) electrons. The standard InChI is InChI=1S/C75H146O17P2/c1-7-9-11-13-15-17-19-21-22-23-24-25-26-27-28-30-32-34-40-47-53-59-74(79)91-70(63-85-72(77)57-51-45-39-33-31-29-20-18-16-14-12-10-8-2)65-89-93(81,82)87-61-69(76)62-88-94(83,84)90-66-71(92-75(80)60-54-48-42-36-38-44-50-56-68(5)6)64-86-73(78)58-52-46-41-35-37-43-49-55-67(3)4/h67-71,76H,7-66H2,1-6H3,(H,81,82)(H,83,84)/t69-,70-,71-/m1/s1. The van der Waals surface area contributed by atoms with Crippen LogP contribution in [0.3, 0.4) is 0 Å². The molecular formula is C75H146O17P2. The van der Waals surface area contributed by atoms with Crippen LogP contribution in [0.1, 0.15) is 388 Å². The Labute approximate surface area is 575 Å². The molecule has 0 heterocycles. The molecule has 5 atom stereocenters. The van der Waals surface area contributed by atoms with Crippen LogP contribution < -0.4 is 0 Å². The predicted molar refractivity (Wildman–Crippen MR) is 381 cm³/mol. The Bertz CT molecular complexity index is 1820. The number of rotatable bonds is 74. The molecule has 0 bridgehead atoms. The van der Waals surface area contributed by atoms with E-state index < -0.39 is 97.5 Å². The molecule has 0 aromatic heterocycles. The summed E-state index contributed by atoms with van der Waals surface area (Å²) in [7, 11) is -9.91. The largest absolute Gasteiger partial charge is 0.472 e. The van der Waals surface area contributed by atoms with Crippen LogP contribution in [-0.4, -0.2) is 96.7 Å². The van der Waals surface area contributed by atoms with Crippen molar-refractivity contribution in [2.45, 2.75) is 407 Å². The Hall–Kier alpha value is -1.94. The number of ether oxygens (including phenoxy) is 4. The van der Waals surface area contributed by atoms with E-state index in [1.807, 2.05) is 0 Å². The Balaban J connectivity index is 5.18. The summed E-state index contributed by atoms with van der Waals surface area (Å²) in [5.41, 5.74) is 0. The van der Waals surface area contributed by atoms with E-state index in [9.17, 15) is 43.2 Å². The lowest BCUT2D eigenvalue weighted by atomic mass is 10.0. The van der Waals surface area contributed by atoms with E-state index >= 15 is 0 Å². The molecule has 0 saturated carbocycles. The molecule has 19 heteroatoms. The SMILES string of the molecule is CCCCCCCCCCCCCCCCCCCCCCCC(=O)O[C@H](COC(=O)CCCCCCCCCCCCCCC)COP(=O)(O)OC[C@@H](O)COP(=O)(O)OC[C@@H](COC(=O)CCCCCCCCCC(C)C)OC(=O)CCCCCCCCCC(C)C. The van der Waals surface area contributed by atoms with Gasteiger partial charge >= 0.3 is 39.5 Å². The lowest BCUT2D eigenvalue weighted by Crippen LogP contribution is -2.30. The zero-order valence-electron chi connectivity index (χ0n) is 61.3. The maximum Gasteiger partial charge on any atom is 0.472 e. The fourth-order valence-electron chi connectivity index (χ4n) is 11.5. The van der Waals surface area contributed by atoms with Crippen molar-refractivity contribution in [3.63, 3.8) is 0 Å². The Kier molecular flexibility index (Phi) is 65.5.